The normalized spacial score (nSPS) is 19.8. The standard InChI is InChI=1S/C32H46O4/c1-5-29(36-24-32(8-4)22-34-23-32)17-25-9-13-27(14-10-25)28-15-11-26(12-16-28)19-35-30(6-2)18-31(7-3)20-33-21-31/h9-16,29-30H,5-8,17-24H2,1-4H3. The highest BCUT2D eigenvalue weighted by molar-refractivity contribution is 5.64. The van der Waals surface area contributed by atoms with E-state index in [1.165, 1.54) is 28.7 Å². The molecule has 4 heteroatoms. The summed E-state index contributed by atoms with van der Waals surface area (Å²) in [5, 5.41) is 0. The van der Waals surface area contributed by atoms with Crippen LogP contribution in [0.2, 0.25) is 0 Å². The fourth-order valence-corrected chi connectivity index (χ4v) is 5.16. The minimum atomic E-state index is 0.245. The van der Waals surface area contributed by atoms with Crippen molar-refractivity contribution < 1.29 is 18.9 Å². The fourth-order valence-electron chi connectivity index (χ4n) is 5.16. The molecule has 2 aromatic carbocycles. The van der Waals surface area contributed by atoms with Gasteiger partial charge in [0.25, 0.3) is 0 Å². The summed E-state index contributed by atoms with van der Waals surface area (Å²) in [4.78, 5) is 0. The first-order valence-corrected chi connectivity index (χ1v) is 14.1. The number of benzene rings is 2. The van der Waals surface area contributed by atoms with Crippen LogP contribution in [0.4, 0.5) is 0 Å². The first-order valence-electron chi connectivity index (χ1n) is 14.1. The minimum Gasteiger partial charge on any atom is -0.380 e. The van der Waals surface area contributed by atoms with Gasteiger partial charge < -0.3 is 18.9 Å². The maximum Gasteiger partial charge on any atom is 0.0720 e. The van der Waals surface area contributed by atoms with Crippen LogP contribution in [-0.4, -0.2) is 45.2 Å². The largest absolute Gasteiger partial charge is 0.380 e. The highest BCUT2D eigenvalue weighted by atomic mass is 16.5. The molecule has 0 radical (unpaired) electrons. The Morgan fingerprint density at radius 1 is 0.667 bits per heavy atom. The Hall–Kier alpha value is -1.72. The third-order valence-corrected chi connectivity index (χ3v) is 8.52. The lowest BCUT2D eigenvalue weighted by Gasteiger charge is -2.42. The predicted molar refractivity (Wildman–Crippen MR) is 146 cm³/mol. The first-order chi connectivity index (χ1) is 17.5. The number of rotatable bonds is 15. The lowest BCUT2D eigenvalue weighted by Crippen LogP contribution is -2.46. The van der Waals surface area contributed by atoms with Crippen molar-refractivity contribution in [2.45, 2.75) is 85.0 Å². The van der Waals surface area contributed by atoms with Crippen LogP contribution in [0, 0.1) is 10.8 Å². The van der Waals surface area contributed by atoms with Gasteiger partial charge in [0.2, 0.25) is 0 Å². The molecule has 2 atom stereocenters. The Kier molecular flexibility index (Phi) is 9.63. The zero-order chi connectivity index (χ0) is 25.4. The molecule has 0 amide bonds. The number of hydrogen-bond donors (Lipinski definition) is 0. The Balaban J connectivity index is 1.26. The van der Waals surface area contributed by atoms with Crippen LogP contribution < -0.4 is 0 Å². The molecule has 2 aromatic rings. The molecule has 0 saturated carbocycles. The highest BCUT2D eigenvalue weighted by Gasteiger charge is 2.39. The second-order valence-corrected chi connectivity index (χ2v) is 11.2. The molecule has 0 aliphatic carbocycles. The van der Waals surface area contributed by atoms with E-state index in [-0.39, 0.29) is 11.5 Å². The van der Waals surface area contributed by atoms with Crippen molar-refractivity contribution in [2.75, 3.05) is 33.0 Å². The molecule has 0 aromatic heterocycles. The Morgan fingerprint density at radius 3 is 1.64 bits per heavy atom. The van der Waals surface area contributed by atoms with E-state index < -0.39 is 0 Å². The molecule has 2 heterocycles. The summed E-state index contributed by atoms with van der Waals surface area (Å²) in [7, 11) is 0. The van der Waals surface area contributed by atoms with Crippen LogP contribution >= 0.6 is 0 Å². The average molecular weight is 495 g/mol. The third-order valence-electron chi connectivity index (χ3n) is 8.52. The van der Waals surface area contributed by atoms with E-state index in [4.69, 9.17) is 18.9 Å². The topological polar surface area (TPSA) is 36.9 Å². The molecule has 2 saturated heterocycles. The first kappa shape index (κ1) is 27.3. The van der Waals surface area contributed by atoms with Crippen molar-refractivity contribution in [1.82, 2.24) is 0 Å². The van der Waals surface area contributed by atoms with Gasteiger partial charge in [-0.3, -0.25) is 0 Å². The van der Waals surface area contributed by atoms with Crippen molar-refractivity contribution in [2.24, 2.45) is 10.8 Å². The summed E-state index contributed by atoms with van der Waals surface area (Å²) < 4.78 is 23.6. The zero-order valence-electron chi connectivity index (χ0n) is 22.9. The van der Waals surface area contributed by atoms with Gasteiger partial charge in [0.15, 0.2) is 0 Å². The molecule has 2 aliphatic heterocycles. The Morgan fingerprint density at radius 2 is 1.19 bits per heavy atom. The molecular weight excluding hydrogens is 448 g/mol. The lowest BCUT2D eigenvalue weighted by molar-refractivity contribution is -0.160. The highest BCUT2D eigenvalue weighted by Crippen LogP contribution is 2.37. The van der Waals surface area contributed by atoms with Crippen molar-refractivity contribution in [1.29, 1.82) is 0 Å². The zero-order valence-corrected chi connectivity index (χ0v) is 22.9. The monoisotopic (exact) mass is 494 g/mol. The minimum absolute atomic E-state index is 0.245. The van der Waals surface area contributed by atoms with E-state index in [9.17, 15) is 0 Å². The van der Waals surface area contributed by atoms with E-state index in [2.05, 4.69) is 76.2 Å². The van der Waals surface area contributed by atoms with Gasteiger partial charge in [-0.1, -0.05) is 76.2 Å². The van der Waals surface area contributed by atoms with Crippen molar-refractivity contribution >= 4 is 0 Å². The second kappa shape index (κ2) is 12.7. The predicted octanol–water partition coefficient (Wildman–Crippen LogP) is 7.23. The van der Waals surface area contributed by atoms with Gasteiger partial charge in [0.05, 0.1) is 51.8 Å². The molecular formula is C32H46O4. The molecule has 2 aliphatic rings. The molecule has 198 valence electrons. The Labute approximate surface area is 218 Å². The second-order valence-electron chi connectivity index (χ2n) is 11.2. The van der Waals surface area contributed by atoms with Crippen LogP contribution in [0.25, 0.3) is 11.1 Å². The van der Waals surface area contributed by atoms with Crippen molar-refractivity contribution in [3.8, 4) is 11.1 Å². The van der Waals surface area contributed by atoms with Gasteiger partial charge in [0.1, 0.15) is 0 Å². The van der Waals surface area contributed by atoms with E-state index in [1.807, 2.05) is 0 Å². The van der Waals surface area contributed by atoms with Gasteiger partial charge >= 0.3 is 0 Å². The molecule has 4 rings (SSSR count). The summed E-state index contributed by atoms with van der Waals surface area (Å²) in [6, 6.07) is 17.8. The maximum absolute atomic E-state index is 6.31. The van der Waals surface area contributed by atoms with Gasteiger partial charge in [-0.25, -0.2) is 0 Å². The van der Waals surface area contributed by atoms with E-state index in [0.717, 1.165) is 65.1 Å². The quantitative estimate of drug-likeness (QED) is 0.262. The number of ether oxygens (including phenoxy) is 4. The summed E-state index contributed by atoms with van der Waals surface area (Å²) in [6.07, 6.45) is 6.97. The lowest BCUT2D eigenvalue weighted by atomic mass is 9.77. The van der Waals surface area contributed by atoms with Gasteiger partial charge in [-0.05, 0) is 60.8 Å². The summed E-state index contributed by atoms with van der Waals surface area (Å²) >= 11 is 0. The van der Waals surface area contributed by atoms with Crippen LogP contribution in [0.5, 0.6) is 0 Å². The van der Waals surface area contributed by atoms with Crippen molar-refractivity contribution in [3.63, 3.8) is 0 Å². The average Bonchev–Trinajstić information content (AvgIpc) is 2.87. The molecule has 0 N–H and O–H groups in total. The van der Waals surface area contributed by atoms with Gasteiger partial charge in [0, 0.05) is 10.8 Å². The summed E-state index contributed by atoms with van der Waals surface area (Å²) in [5.74, 6) is 0. The van der Waals surface area contributed by atoms with Crippen LogP contribution in [0.1, 0.15) is 70.9 Å². The van der Waals surface area contributed by atoms with E-state index in [1.54, 1.807) is 0 Å². The third kappa shape index (κ3) is 6.77. The van der Waals surface area contributed by atoms with Crippen LogP contribution in [0.15, 0.2) is 48.5 Å². The fraction of sp³-hybridized carbons (Fsp3) is 0.625. The smallest absolute Gasteiger partial charge is 0.0720 e. The molecule has 2 fully saturated rings. The molecule has 0 bridgehead atoms. The molecule has 2 unspecified atom stereocenters. The summed E-state index contributed by atoms with van der Waals surface area (Å²) in [6.45, 7) is 13.9. The van der Waals surface area contributed by atoms with E-state index in [0.29, 0.717) is 18.1 Å². The van der Waals surface area contributed by atoms with Crippen LogP contribution in [-0.2, 0) is 32.0 Å². The van der Waals surface area contributed by atoms with Crippen LogP contribution in [0.3, 0.4) is 0 Å². The van der Waals surface area contributed by atoms with Gasteiger partial charge in [-0.15, -0.1) is 0 Å². The maximum atomic E-state index is 6.31. The number of hydrogen-bond acceptors (Lipinski definition) is 4. The SMILES string of the molecule is CCC(Cc1ccc(-c2ccc(COC(CC)CC3(CC)COC3)cc2)cc1)OCC1(CC)COC1. The van der Waals surface area contributed by atoms with Crippen molar-refractivity contribution in [3.05, 3.63) is 59.7 Å². The summed E-state index contributed by atoms with van der Waals surface area (Å²) in [5.41, 5.74) is 5.63. The molecule has 4 nitrogen and oxygen atoms in total. The Bertz CT molecular complexity index is 901. The van der Waals surface area contributed by atoms with Gasteiger partial charge in [-0.2, -0.15) is 0 Å². The molecule has 0 spiro atoms. The molecule has 36 heavy (non-hydrogen) atoms. The van der Waals surface area contributed by atoms with E-state index >= 15 is 0 Å².